The van der Waals surface area contributed by atoms with Gasteiger partial charge >= 0.3 is 0 Å². The van der Waals surface area contributed by atoms with E-state index in [2.05, 4.69) is 79.9 Å². The number of benzene rings is 3. The van der Waals surface area contributed by atoms with Crippen LogP contribution in [0.3, 0.4) is 0 Å². The predicted octanol–water partition coefficient (Wildman–Crippen LogP) is 6.74. The molecular formula is C27H30N2O. The molecule has 0 amide bonds. The summed E-state index contributed by atoms with van der Waals surface area (Å²) in [6.07, 6.45) is 2.19. The van der Waals surface area contributed by atoms with Crippen LogP contribution in [0, 0.1) is 0 Å². The topological polar surface area (TPSA) is 27.1 Å². The third-order valence-corrected chi connectivity index (χ3v) is 5.93. The minimum atomic E-state index is 0.450. The fourth-order valence-electron chi connectivity index (χ4n) is 3.75. The zero-order valence-corrected chi connectivity index (χ0v) is 18.1. The van der Waals surface area contributed by atoms with Gasteiger partial charge in [0.05, 0.1) is 11.0 Å². The summed E-state index contributed by atoms with van der Waals surface area (Å²) in [5.41, 5.74) is 6.14. The molecule has 1 aromatic heterocycles. The number of para-hydroxylation sites is 2. The first-order chi connectivity index (χ1) is 14.7. The third kappa shape index (κ3) is 4.40. The predicted molar refractivity (Wildman–Crippen MR) is 124 cm³/mol. The van der Waals surface area contributed by atoms with Crippen molar-refractivity contribution in [3.8, 4) is 5.75 Å². The van der Waals surface area contributed by atoms with Gasteiger partial charge in [0.15, 0.2) is 0 Å². The van der Waals surface area contributed by atoms with Crippen LogP contribution in [-0.4, -0.2) is 9.55 Å². The second-order valence-electron chi connectivity index (χ2n) is 7.94. The van der Waals surface area contributed by atoms with Gasteiger partial charge in [-0.2, -0.15) is 0 Å². The molecule has 1 unspecified atom stereocenters. The lowest BCUT2D eigenvalue weighted by Crippen LogP contribution is -2.08. The average Bonchev–Trinajstić information content (AvgIpc) is 3.15. The first-order valence-corrected chi connectivity index (χ1v) is 10.9. The number of fused-ring (bicyclic) bond motifs is 1. The molecule has 0 aliphatic heterocycles. The smallest absolute Gasteiger partial charge is 0.148 e. The Morgan fingerprint density at radius 2 is 1.57 bits per heavy atom. The van der Waals surface area contributed by atoms with Gasteiger partial charge in [-0.05, 0) is 59.7 Å². The fourth-order valence-corrected chi connectivity index (χ4v) is 3.75. The fraction of sp³-hybridized carbons (Fsp3) is 0.296. The van der Waals surface area contributed by atoms with Gasteiger partial charge in [-0.1, -0.05) is 69.3 Å². The lowest BCUT2D eigenvalue weighted by molar-refractivity contribution is 0.291. The van der Waals surface area contributed by atoms with Crippen molar-refractivity contribution in [2.75, 3.05) is 0 Å². The second-order valence-corrected chi connectivity index (χ2v) is 7.94. The largest absolute Gasteiger partial charge is 0.486 e. The van der Waals surface area contributed by atoms with Crippen molar-refractivity contribution in [2.45, 2.75) is 52.7 Å². The molecule has 0 bridgehead atoms. The van der Waals surface area contributed by atoms with E-state index in [-0.39, 0.29) is 0 Å². The molecule has 4 rings (SSSR count). The highest BCUT2D eigenvalue weighted by Gasteiger charge is 2.12. The lowest BCUT2D eigenvalue weighted by atomic mass is 9.98. The van der Waals surface area contributed by atoms with E-state index >= 15 is 0 Å². The Morgan fingerprint density at radius 1 is 0.867 bits per heavy atom. The van der Waals surface area contributed by atoms with Gasteiger partial charge in [0.25, 0.3) is 0 Å². The number of aromatic nitrogens is 2. The maximum absolute atomic E-state index is 6.08. The van der Waals surface area contributed by atoms with Crippen molar-refractivity contribution in [3.63, 3.8) is 0 Å². The summed E-state index contributed by atoms with van der Waals surface area (Å²) in [6.45, 7) is 7.91. The van der Waals surface area contributed by atoms with Gasteiger partial charge in [-0.25, -0.2) is 4.98 Å². The molecule has 1 heterocycles. The van der Waals surface area contributed by atoms with E-state index in [1.54, 1.807) is 0 Å². The van der Waals surface area contributed by atoms with Crippen molar-refractivity contribution >= 4 is 11.0 Å². The minimum Gasteiger partial charge on any atom is -0.486 e. The lowest BCUT2D eigenvalue weighted by Gasteiger charge is -2.13. The van der Waals surface area contributed by atoms with Crippen molar-refractivity contribution in [1.82, 2.24) is 9.55 Å². The highest BCUT2D eigenvalue weighted by molar-refractivity contribution is 5.76. The molecule has 0 N–H and O–H groups in total. The zero-order chi connectivity index (χ0) is 20.9. The Balaban J connectivity index is 1.58. The highest BCUT2D eigenvalue weighted by atomic mass is 16.5. The summed E-state index contributed by atoms with van der Waals surface area (Å²) in [5.74, 6) is 2.42. The summed E-state index contributed by atoms with van der Waals surface area (Å²) < 4.78 is 8.35. The van der Waals surface area contributed by atoms with E-state index < -0.39 is 0 Å². The van der Waals surface area contributed by atoms with Gasteiger partial charge in [-0.15, -0.1) is 0 Å². The molecule has 0 saturated carbocycles. The Morgan fingerprint density at radius 3 is 2.27 bits per heavy atom. The van der Waals surface area contributed by atoms with Crippen molar-refractivity contribution < 1.29 is 4.74 Å². The Kier molecular flexibility index (Phi) is 6.18. The zero-order valence-electron chi connectivity index (χ0n) is 18.1. The van der Waals surface area contributed by atoms with Crippen molar-refractivity contribution in [2.24, 2.45) is 0 Å². The number of rotatable bonds is 8. The van der Waals surface area contributed by atoms with Crippen LogP contribution >= 0.6 is 0 Å². The Bertz CT molecular complexity index is 1090. The molecule has 3 nitrogen and oxygen atoms in total. The first kappa shape index (κ1) is 20.2. The van der Waals surface area contributed by atoms with Gasteiger partial charge in [0.2, 0.25) is 0 Å². The Hall–Kier alpha value is -3.07. The van der Waals surface area contributed by atoms with Crippen LogP contribution in [0.2, 0.25) is 0 Å². The monoisotopic (exact) mass is 398 g/mol. The summed E-state index contributed by atoms with van der Waals surface area (Å²) in [5, 5.41) is 0. The minimum absolute atomic E-state index is 0.450. The summed E-state index contributed by atoms with van der Waals surface area (Å²) in [4.78, 5) is 4.85. The maximum Gasteiger partial charge on any atom is 0.148 e. The van der Waals surface area contributed by atoms with Crippen molar-refractivity contribution in [3.05, 3.63) is 95.3 Å². The van der Waals surface area contributed by atoms with E-state index in [0.717, 1.165) is 42.0 Å². The molecule has 0 saturated heterocycles. The van der Waals surface area contributed by atoms with Crippen LogP contribution in [0.4, 0.5) is 0 Å². The highest BCUT2D eigenvalue weighted by Crippen LogP contribution is 2.22. The third-order valence-electron chi connectivity index (χ3n) is 5.93. The van der Waals surface area contributed by atoms with E-state index in [1.807, 2.05) is 18.2 Å². The second kappa shape index (κ2) is 9.17. The summed E-state index contributed by atoms with van der Waals surface area (Å²) >= 11 is 0. The number of imidazole rings is 1. The summed E-state index contributed by atoms with van der Waals surface area (Å²) in [6, 6.07) is 25.6. The van der Waals surface area contributed by atoms with E-state index in [1.165, 1.54) is 16.7 Å². The van der Waals surface area contributed by atoms with Gasteiger partial charge in [0, 0.05) is 6.54 Å². The molecule has 4 aromatic rings. The van der Waals surface area contributed by atoms with E-state index in [4.69, 9.17) is 9.72 Å². The van der Waals surface area contributed by atoms with Crippen LogP contribution in [-0.2, 0) is 19.6 Å². The Labute approximate surface area is 179 Å². The molecule has 0 fully saturated rings. The first-order valence-electron chi connectivity index (χ1n) is 10.9. The van der Waals surface area contributed by atoms with Crippen molar-refractivity contribution in [1.29, 1.82) is 0 Å². The van der Waals surface area contributed by atoms with Crippen LogP contribution in [0.25, 0.3) is 11.0 Å². The molecule has 154 valence electrons. The summed E-state index contributed by atoms with van der Waals surface area (Å²) in [7, 11) is 0. The van der Waals surface area contributed by atoms with Crippen LogP contribution < -0.4 is 4.74 Å². The molecule has 30 heavy (non-hydrogen) atoms. The van der Waals surface area contributed by atoms with Gasteiger partial charge in [0.1, 0.15) is 18.2 Å². The molecule has 0 spiro atoms. The molecule has 0 radical (unpaired) electrons. The number of ether oxygens (including phenoxy) is 1. The quantitative estimate of drug-likeness (QED) is 0.329. The maximum atomic E-state index is 6.08. The molecule has 3 heteroatoms. The normalized spacial score (nSPS) is 12.2. The van der Waals surface area contributed by atoms with Gasteiger partial charge < -0.3 is 9.30 Å². The number of hydrogen-bond donors (Lipinski definition) is 0. The van der Waals surface area contributed by atoms with Crippen LogP contribution in [0.1, 0.15) is 55.6 Å². The number of nitrogens with zero attached hydrogens (tertiary/aromatic N) is 2. The van der Waals surface area contributed by atoms with Crippen LogP contribution in [0.5, 0.6) is 5.75 Å². The number of aryl methyl sites for hydroxylation is 1. The SMILES string of the molecule is CCc1ccc(OCc2nc3ccccc3n2Cc2ccc(C(C)CC)cc2)cc1. The van der Waals surface area contributed by atoms with E-state index in [0.29, 0.717) is 12.5 Å². The average molecular weight is 399 g/mol. The standard InChI is InChI=1S/C27H30N2O/c1-4-20(3)23-14-10-22(11-15-23)18-29-26-9-7-6-8-25(26)28-27(29)19-30-24-16-12-21(5-2)13-17-24/h6-17,20H,4-5,18-19H2,1-3H3. The van der Waals surface area contributed by atoms with Crippen LogP contribution in [0.15, 0.2) is 72.8 Å². The molecule has 0 aliphatic rings. The molecule has 0 aliphatic carbocycles. The van der Waals surface area contributed by atoms with E-state index in [9.17, 15) is 0 Å². The molecule has 1 atom stereocenters. The van der Waals surface area contributed by atoms with Gasteiger partial charge in [-0.3, -0.25) is 0 Å². The molecule has 3 aromatic carbocycles. The molecular weight excluding hydrogens is 368 g/mol. The number of hydrogen-bond acceptors (Lipinski definition) is 2.